The number of carbonyl (C=O) groups is 1. The normalized spacial score (nSPS) is 15.7. The van der Waals surface area contributed by atoms with Gasteiger partial charge in [0.1, 0.15) is 5.75 Å². The third-order valence-corrected chi connectivity index (χ3v) is 3.75. The molecule has 4 heteroatoms. The van der Waals surface area contributed by atoms with E-state index in [4.69, 9.17) is 0 Å². The van der Waals surface area contributed by atoms with Gasteiger partial charge in [-0.3, -0.25) is 4.79 Å². The molecule has 1 fully saturated rings. The van der Waals surface area contributed by atoms with E-state index in [9.17, 15) is 9.90 Å². The van der Waals surface area contributed by atoms with E-state index in [0.29, 0.717) is 5.56 Å². The highest BCUT2D eigenvalue weighted by atomic mass is 16.3. The van der Waals surface area contributed by atoms with Crippen LogP contribution in [0, 0.1) is 6.92 Å². The number of likely N-dealkylation sites (N-methyl/N-ethyl adjacent to an activating group) is 1. The summed E-state index contributed by atoms with van der Waals surface area (Å²) >= 11 is 0. The number of rotatable bonds is 4. The Hall–Kier alpha value is -1.55. The van der Waals surface area contributed by atoms with Gasteiger partial charge < -0.3 is 14.9 Å². The van der Waals surface area contributed by atoms with Crippen molar-refractivity contribution in [2.24, 2.45) is 0 Å². The van der Waals surface area contributed by atoms with Crippen LogP contribution in [0.5, 0.6) is 5.75 Å². The van der Waals surface area contributed by atoms with Crippen LogP contribution in [0.25, 0.3) is 0 Å². The number of benzene rings is 1. The number of aromatic hydroxyl groups is 1. The van der Waals surface area contributed by atoms with Crippen LogP contribution in [-0.2, 0) is 0 Å². The quantitative estimate of drug-likeness (QED) is 0.901. The number of phenols is 1. The summed E-state index contributed by atoms with van der Waals surface area (Å²) in [7, 11) is 1.81. The molecule has 1 aliphatic rings. The van der Waals surface area contributed by atoms with E-state index in [2.05, 4.69) is 4.90 Å². The fourth-order valence-corrected chi connectivity index (χ4v) is 2.36. The van der Waals surface area contributed by atoms with Crippen LogP contribution < -0.4 is 0 Å². The molecule has 2 rings (SSSR count). The van der Waals surface area contributed by atoms with Crippen LogP contribution in [0.3, 0.4) is 0 Å². The summed E-state index contributed by atoms with van der Waals surface area (Å²) in [6.07, 6.45) is 2.53. The number of nitrogens with zero attached hydrogens (tertiary/aromatic N) is 2. The van der Waals surface area contributed by atoms with Crippen molar-refractivity contribution in [1.82, 2.24) is 9.80 Å². The van der Waals surface area contributed by atoms with Crippen LogP contribution in [0.15, 0.2) is 18.2 Å². The van der Waals surface area contributed by atoms with Gasteiger partial charge in [0.05, 0.1) is 0 Å². The minimum Gasteiger partial charge on any atom is -0.508 e. The summed E-state index contributed by atoms with van der Waals surface area (Å²) in [4.78, 5) is 16.3. The molecule has 0 aromatic heterocycles. The fraction of sp³-hybridized carbons (Fsp3) is 0.533. The van der Waals surface area contributed by atoms with E-state index >= 15 is 0 Å². The number of likely N-dealkylation sites (tertiary alicyclic amines) is 1. The largest absolute Gasteiger partial charge is 0.508 e. The van der Waals surface area contributed by atoms with Gasteiger partial charge in [0, 0.05) is 25.7 Å². The Morgan fingerprint density at radius 3 is 2.68 bits per heavy atom. The van der Waals surface area contributed by atoms with Crippen molar-refractivity contribution in [3.8, 4) is 5.75 Å². The molecule has 1 aliphatic heterocycles. The minimum absolute atomic E-state index is 0.0329. The van der Waals surface area contributed by atoms with Crippen LogP contribution in [0.2, 0.25) is 0 Å². The first kappa shape index (κ1) is 13.9. The molecule has 1 amide bonds. The lowest BCUT2D eigenvalue weighted by Crippen LogP contribution is -2.35. The van der Waals surface area contributed by atoms with Gasteiger partial charge in [-0.05, 0) is 50.6 Å². The summed E-state index contributed by atoms with van der Waals surface area (Å²) < 4.78 is 0. The van der Waals surface area contributed by atoms with Gasteiger partial charge in [0.15, 0.2) is 0 Å². The average Bonchev–Trinajstić information content (AvgIpc) is 2.91. The van der Waals surface area contributed by atoms with Crippen molar-refractivity contribution >= 4 is 5.91 Å². The Bertz CT molecular complexity index is 453. The molecular formula is C15H22N2O2. The molecule has 104 valence electrons. The Morgan fingerprint density at radius 2 is 2.05 bits per heavy atom. The zero-order valence-corrected chi connectivity index (χ0v) is 11.7. The maximum Gasteiger partial charge on any atom is 0.253 e. The number of hydrogen-bond acceptors (Lipinski definition) is 3. The second-order valence-corrected chi connectivity index (χ2v) is 5.28. The smallest absolute Gasteiger partial charge is 0.253 e. The number of phenolic OH excluding ortho intramolecular Hbond substituents is 1. The van der Waals surface area contributed by atoms with Crippen LogP contribution in [-0.4, -0.2) is 54.0 Å². The van der Waals surface area contributed by atoms with Gasteiger partial charge in [-0.1, -0.05) is 6.07 Å². The Morgan fingerprint density at radius 1 is 1.37 bits per heavy atom. The highest BCUT2D eigenvalue weighted by molar-refractivity contribution is 5.94. The minimum atomic E-state index is -0.0329. The van der Waals surface area contributed by atoms with Crippen molar-refractivity contribution in [2.75, 3.05) is 33.2 Å². The molecule has 1 aromatic rings. The molecule has 0 bridgehead atoms. The molecule has 0 atom stereocenters. The second kappa shape index (κ2) is 6.06. The molecule has 1 saturated heterocycles. The first-order chi connectivity index (χ1) is 9.08. The van der Waals surface area contributed by atoms with Gasteiger partial charge in [-0.25, -0.2) is 0 Å². The van der Waals surface area contributed by atoms with Crippen molar-refractivity contribution in [1.29, 1.82) is 0 Å². The zero-order valence-electron chi connectivity index (χ0n) is 11.7. The first-order valence-electron chi connectivity index (χ1n) is 6.85. The molecule has 0 saturated carbocycles. The molecule has 0 unspecified atom stereocenters. The lowest BCUT2D eigenvalue weighted by Gasteiger charge is -2.21. The van der Waals surface area contributed by atoms with E-state index < -0.39 is 0 Å². The summed E-state index contributed by atoms with van der Waals surface area (Å²) in [6, 6.07) is 5.09. The van der Waals surface area contributed by atoms with Crippen molar-refractivity contribution in [3.05, 3.63) is 29.3 Å². The molecule has 19 heavy (non-hydrogen) atoms. The summed E-state index contributed by atoms with van der Waals surface area (Å²) in [6.45, 7) is 5.77. The van der Waals surface area contributed by atoms with Gasteiger partial charge in [-0.15, -0.1) is 0 Å². The maximum atomic E-state index is 12.2. The second-order valence-electron chi connectivity index (χ2n) is 5.28. The van der Waals surface area contributed by atoms with E-state index in [1.54, 1.807) is 23.1 Å². The summed E-state index contributed by atoms with van der Waals surface area (Å²) in [5.41, 5.74) is 1.34. The highest BCUT2D eigenvalue weighted by Crippen LogP contribution is 2.18. The van der Waals surface area contributed by atoms with Crippen molar-refractivity contribution < 1.29 is 9.90 Å². The SMILES string of the molecule is Cc1ccc(C(=O)N(C)CCN2CCCC2)cc1O. The highest BCUT2D eigenvalue weighted by Gasteiger charge is 2.16. The molecule has 0 radical (unpaired) electrons. The predicted molar refractivity (Wildman–Crippen MR) is 75.5 cm³/mol. The molecule has 1 heterocycles. The average molecular weight is 262 g/mol. The van der Waals surface area contributed by atoms with Gasteiger partial charge >= 0.3 is 0 Å². The number of amides is 1. The van der Waals surface area contributed by atoms with Gasteiger partial charge in [-0.2, -0.15) is 0 Å². The maximum absolute atomic E-state index is 12.2. The fourth-order valence-electron chi connectivity index (χ4n) is 2.36. The van der Waals surface area contributed by atoms with Crippen molar-refractivity contribution in [3.63, 3.8) is 0 Å². The Labute approximate surface area is 114 Å². The predicted octanol–water partition coefficient (Wildman–Crippen LogP) is 1.87. The lowest BCUT2D eigenvalue weighted by molar-refractivity contribution is 0.0782. The first-order valence-corrected chi connectivity index (χ1v) is 6.85. The summed E-state index contributed by atoms with van der Waals surface area (Å²) in [5, 5.41) is 9.65. The van der Waals surface area contributed by atoms with Gasteiger partial charge in [0.25, 0.3) is 5.91 Å². The van der Waals surface area contributed by atoms with E-state index in [1.807, 2.05) is 14.0 Å². The summed E-state index contributed by atoms with van der Waals surface area (Å²) in [5.74, 6) is 0.147. The number of hydrogen-bond donors (Lipinski definition) is 1. The standard InChI is InChI=1S/C15H22N2O2/c1-12-5-6-13(11-14(12)18)15(19)16(2)9-10-17-7-3-4-8-17/h5-6,11,18H,3-4,7-10H2,1-2H3. The monoisotopic (exact) mass is 262 g/mol. The topological polar surface area (TPSA) is 43.8 Å². The Balaban J connectivity index is 1.92. The van der Waals surface area contributed by atoms with Crippen molar-refractivity contribution in [2.45, 2.75) is 19.8 Å². The molecule has 1 aromatic carbocycles. The number of aryl methyl sites for hydroxylation is 1. The molecule has 4 nitrogen and oxygen atoms in total. The number of carbonyl (C=O) groups excluding carboxylic acids is 1. The van der Waals surface area contributed by atoms with Crippen LogP contribution >= 0.6 is 0 Å². The van der Waals surface area contributed by atoms with Crippen LogP contribution in [0.1, 0.15) is 28.8 Å². The van der Waals surface area contributed by atoms with Crippen LogP contribution in [0.4, 0.5) is 0 Å². The van der Waals surface area contributed by atoms with Gasteiger partial charge in [0.2, 0.25) is 0 Å². The molecule has 0 aliphatic carbocycles. The third kappa shape index (κ3) is 3.47. The Kier molecular flexibility index (Phi) is 4.43. The lowest BCUT2D eigenvalue weighted by atomic mass is 10.1. The van der Waals surface area contributed by atoms with E-state index in [-0.39, 0.29) is 11.7 Å². The molecule has 0 spiro atoms. The molecule has 1 N–H and O–H groups in total. The van der Waals surface area contributed by atoms with E-state index in [0.717, 1.165) is 31.7 Å². The molecular weight excluding hydrogens is 240 g/mol. The third-order valence-electron chi connectivity index (χ3n) is 3.75. The zero-order chi connectivity index (χ0) is 13.8. The van der Waals surface area contributed by atoms with E-state index in [1.165, 1.54) is 12.8 Å².